The summed E-state index contributed by atoms with van der Waals surface area (Å²) < 4.78 is 1.77. The molecule has 1 saturated carbocycles. The van der Waals surface area contributed by atoms with Crippen molar-refractivity contribution in [3.8, 4) is 0 Å². The zero-order valence-electron chi connectivity index (χ0n) is 8.16. The van der Waals surface area contributed by atoms with E-state index >= 15 is 0 Å². The van der Waals surface area contributed by atoms with Crippen molar-refractivity contribution in [2.45, 2.75) is 26.3 Å². The molecule has 0 aromatic carbocycles. The summed E-state index contributed by atoms with van der Waals surface area (Å²) in [5, 5.41) is 0.980. The van der Waals surface area contributed by atoms with E-state index in [1.165, 1.54) is 12.8 Å². The Bertz CT molecular complexity index is 395. The average Bonchev–Trinajstić information content (AvgIpc) is 2.94. The Kier molecular flexibility index (Phi) is 2.47. The monoisotopic (exact) mass is 256 g/mol. The highest BCUT2D eigenvalue weighted by Gasteiger charge is 2.41. The van der Waals surface area contributed by atoms with Crippen molar-refractivity contribution >= 4 is 15.9 Å². The van der Waals surface area contributed by atoms with Crippen LogP contribution in [0.4, 0.5) is 0 Å². The summed E-state index contributed by atoms with van der Waals surface area (Å²) in [5.74, 6) is 0. The van der Waals surface area contributed by atoms with Crippen molar-refractivity contribution in [2.75, 3.05) is 5.33 Å². The maximum Gasteiger partial charge on any atom is 0.271 e. The Morgan fingerprint density at radius 1 is 1.64 bits per heavy atom. The Balaban J connectivity index is 2.25. The van der Waals surface area contributed by atoms with Crippen molar-refractivity contribution in [3.05, 3.63) is 28.4 Å². The van der Waals surface area contributed by atoms with E-state index in [0.29, 0.717) is 11.1 Å². The topological polar surface area (TPSA) is 34.9 Å². The minimum Gasteiger partial charge on any atom is -0.312 e. The molecule has 2 rings (SSSR count). The molecular formula is C10H13BrN2O. The minimum atomic E-state index is 0.0414. The average molecular weight is 257 g/mol. The third kappa shape index (κ3) is 1.75. The molecule has 0 unspecified atom stereocenters. The van der Waals surface area contributed by atoms with E-state index in [1.807, 2.05) is 0 Å². The Labute approximate surface area is 91.3 Å². The highest BCUT2D eigenvalue weighted by Crippen LogP contribution is 2.48. The van der Waals surface area contributed by atoms with Gasteiger partial charge in [-0.05, 0) is 25.2 Å². The van der Waals surface area contributed by atoms with Crippen molar-refractivity contribution in [1.82, 2.24) is 9.55 Å². The number of alkyl halides is 1. The largest absolute Gasteiger partial charge is 0.312 e. The summed E-state index contributed by atoms with van der Waals surface area (Å²) >= 11 is 3.50. The van der Waals surface area contributed by atoms with Crippen molar-refractivity contribution in [3.63, 3.8) is 0 Å². The van der Waals surface area contributed by atoms with Crippen LogP contribution in [0.15, 0.2) is 17.2 Å². The van der Waals surface area contributed by atoms with Gasteiger partial charge in [0.15, 0.2) is 0 Å². The summed E-state index contributed by atoms with van der Waals surface area (Å²) in [6.07, 6.45) is 5.90. The third-order valence-electron chi connectivity index (χ3n) is 2.83. The molecule has 14 heavy (non-hydrogen) atoms. The van der Waals surface area contributed by atoms with Crippen molar-refractivity contribution in [1.29, 1.82) is 0 Å². The van der Waals surface area contributed by atoms with Gasteiger partial charge in [-0.15, -0.1) is 0 Å². The first kappa shape index (κ1) is 9.90. The van der Waals surface area contributed by atoms with Crippen LogP contribution in [0.5, 0.6) is 0 Å². The zero-order valence-corrected chi connectivity index (χ0v) is 9.75. The number of aryl methyl sites for hydroxylation is 1. The van der Waals surface area contributed by atoms with Gasteiger partial charge in [-0.25, -0.2) is 0 Å². The molecule has 1 aromatic heterocycles. The number of halogens is 1. The number of rotatable bonds is 3. The van der Waals surface area contributed by atoms with E-state index in [4.69, 9.17) is 0 Å². The summed E-state index contributed by atoms with van der Waals surface area (Å²) in [6.45, 7) is 2.58. The smallest absolute Gasteiger partial charge is 0.271 e. The second-order valence-corrected chi connectivity index (χ2v) is 4.64. The maximum absolute atomic E-state index is 11.7. The van der Waals surface area contributed by atoms with Gasteiger partial charge in [-0.2, -0.15) is 0 Å². The SMILES string of the molecule is Cc1nccn(CC2(CBr)CC2)c1=O. The Morgan fingerprint density at radius 3 is 2.93 bits per heavy atom. The van der Waals surface area contributed by atoms with Gasteiger partial charge in [0, 0.05) is 24.3 Å². The highest BCUT2D eigenvalue weighted by molar-refractivity contribution is 9.09. The summed E-state index contributed by atoms with van der Waals surface area (Å²) in [6, 6.07) is 0. The number of aromatic nitrogens is 2. The molecule has 4 heteroatoms. The molecule has 0 bridgehead atoms. The van der Waals surface area contributed by atoms with Crippen LogP contribution >= 0.6 is 15.9 Å². The van der Waals surface area contributed by atoms with Gasteiger partial charge in [0.25, 0.3) is 5.56 Å². The molecule has 0 radical (unpaired) electrons. The standard InChI is InChI=1S/C10H13BrN2O/c1-8-9(14)13(5-4-12-8)7-10(6-11)2-3-10/h4-5H,2-3,6-7H2,1H3. The van der Waals surface area contributed by atoms with Crippen LogP contribution in [-0.2, 0) is 6.54 Å². The van der Waals surface area contributed by atoms with E-state index in [2.05, 4.69) is 20.9 Å². The molecule has 3 nitrogen and oxygen atoms in total. The van der Waals surface area contributed by atoms with Gasteiger partial charge in [-0.3, -0.25) is 9.78 Å². The van der Waals surface area contributed by atoms with E-state index < -0.39 is 0 Å². The predicted octanol–water partition coefficient (Wildman–Crippen LogP) is 1.73. The lowest BCUT2D eigenvalue weighted by atomic mass is 10.1. The van der Waals surface area contributed by atoms with E-state index in [-0.39, 0.29) is 5.56 Å². The quantitative estimate of drug-likeness (QED) is 0.773. The van der Waals surface area contributed by atoms with E-state index in [0.717, 1.165) is 11.9 Å². The van der Waals surface area contributed by atoms with Gasteiger partial charge in [0.1, 0.15) is 5.69 Å². The minimum absolute atomic E-state index is 0.0414. The first-order valence-corrected chi connectivity index (χ1v) is 5.87. The fourth-order valence-electron chi connectivity index (χ4n) is 1.55. The Morgan fingerprint density at radius 2 is 2.36 bits per heavy atom. The fourth-order valence-corrected chi connectivity index (χ4v) is 2.29. The molecule has 0 amide bonds. The molecule has 0 N–H and O–H groups in total. The first-order valence-electron chi connectivity index (χ1n) is 4.75. The van der Waals surface area contributed by atoms with E-state index in [1.54, 1.807) is 23.9 Å². The van der Waals surface area contributed by atoms with Crippen molar-refractivity contribution in [2.24, 2.45) is 5.41 Å². The summed E-state index contributed by atoms with van der Waals surface area (Å²) in [5.41, 5.74) is 0.954. The molecule has 76 valence electrons. The summed E-state index contributed by atoms with van der Waals surface area (Å²) in [4.78, 5) is 15.6. The first-order chi connectivity index (χ1) is 6.67. The van der Waals surface area contributed by atoms with Gasteiger partial charge in [0.05, 0.1) is 0 Å². The van der Waals surface area contributed by atoms with Crippen LogP contribution in [-0.4, -0.2) is 14.9 Å². The molecule has 1 aromatic rings. The maximum atomic E-state index is 11.7. The van der Waals surface area contributed by atoms with Gasteiger partial charge < -0.3 is 4.57 Å². The normalized spacial score (nSPS) is 18.1. The Hall–Kier alpha value is -0.640. The fraction of sp³-hybridized carbons (Fsp3) is 0.600. The molecule has 1 heterocycles. The van der Waals surface area contributed by atoms with Crippen LogP contribution in [0.25, 0.3) is 0 Å². The molecule has 0 saturated heterocycles. The predicted molar refractivity (Wildman–Crippen MR) is 58.7 cm³/mol. The van der Waals surface area contributed by atoms with Gasteiger partial charge >= 0.3 is 0 Å². The molecular weight excluding hydrogens is 244 g/mol. The van der Waals surface area contributed by atoms with Crippen LogP contribution in [0, 0.1) is 12.3 Å². The van der Waals surface area contributed by atoms with Gasteiger partial charge in [0.2, 0.25) is 0 Å². The van der Waals surface area contributed by atoms with E-state index in [9.17, 15) is 4.79 Å². The molecule has 0 aliphatic heterocycles. The van der Waals surface area contributed by atoms with Crippen molar-refractivity contribution < 1.29 is 0 Å². The molecule has 1 aliphatic carbocycles. The second-order valence-electron chi connectivity index (χ2n) is 4.08. The summed E-state index contributed by atoms with van der Waals surface area (Å²) in [7, 11) is 0. The number of nitrogens with zero attached hydrogens (tertiary/aromatic N) is 2. The lowest BCUT2D eigenvalue weighted by Crippen LogP contribution is -2.27. The highest BCUT2D eigenvalue weighted by atomic mass is 79.9. The van der Waals surface area contributed by atoms with Gasteiger partial charge in [-0.1, -0.05) is 15.9 Å². The number of hydrogen-bond donors (Lipinski definition) is 0. The molecule has 1 aliphatic rings. The van der Waals surface area contributed by atoms with Crippen LogP contribution in [0.3, 0.4) is 0 Å². The molecule has 0 spiro atoms. The molecule has 0 atom stereocenters. The lowest BCUT2D eigenvalue weighted by molar-refractivity contribution is 0.462. The van der Waals surface area contributed by atoms with Crippen LogP contribution < -0.4 is 5.56 Å². The second kappa shape index (κ2) is 3.50. The third-order valence-corrected chi connectivity index (χ3v) is 4.02. The van der Waals surface area contributed by atoms with Crippen LogP contribution in [0.1, 0.15) is 18.5 Å². The molecule has 1 fully saturated rings. The van der Waals surface area contributed by atoms with Crippen LogP contribution in [0.2, 0.25) is 0 Å². The lowest BCUT2D eigenvalue weighted by Gasteiger charge is -2.13. The number of hydrogen-bond acceptors (Lipinski definition) is 2. The zero-order chi connectivity index (χ0) is 10.2.